The van der Waals surface area contributed by atoms with Crippen LogP contribution >= 0.6 is 0 Å². The summed E-state index contributed by atoms with van der Waals surface area (Å²) in [6, 6.07) is 3.68. The first-order valence-corrected chi connectivity index (χ1v) is 6.32. The average molecular weight is 235 g/mol. The molecule has 0 radical (unpaired) electrons. The Morgan fingerprint density at radius 3 is 2.76 bits per heavy atom. The zero-order valence-corrected chi connectivity index (χ0v) is 10.6. The van der Waals surface area contributed by atoms with Gasteiger partial charge in [-0.05, 0) is 43.2 Å². The lowest BCUT2D eigenvalue weighted by Gasteiger charge is -2.34. The van der Waals surface area contributed by atoms with Crippen molar-refractivity contribution in [2.24, 2.45) is 5.41 Å². The SMILES string of the molecule is CC1(C)CCC(Oc2ncccc2CO)CC1. The Kier molecular flexibility index (Phi) is 3.67. The van der Waals surface area contributed by atoms with Crippen LogP contribution < -0.4 is 4.74 Å². The lowest BCUT2D eigenvalue weighted by atomic mass is 9.76. The van der Waals surface area contributed by atoms with Crippen LogP contribution in [0.2, 0.25) is 0 Å². The van der Waals surface area contributed by atoms with E-state index in [1.54, 1.807) is 6.20 Å². The predicted molar refractivity (Wildman–Crippen MR) is 66.8 cm³/mol. The minimum absolute atomic E-state index is 0.0125. The lowest BCUT2D eigenvalue weighted by Crippen LogP contribution is -2.28. The number of aromatic nitrogens is 1. The Morgan fingerprint density at radius 2 is 2.12 bits per heavy atom. The summed E-state index contributed by atoms with van der Waals surface area (Å²) in [5.41, 5.74) is 1.22. The van der Waals surface area contributed by atoms with E-state index in [9.17, 15) is 5.11 Å². The predicted octanol–water partition coefficient (Wildman–Crippen LogP) is 2.92. The van der Waals surface area contributed by atoms with Gasteiger partial charge < -0.3 is 9.84 Å². The van der Waals surface area contributed by atoms with Crippen molar-refractivity contribution in [1.82, 2.24) is 4.98 Å². The van der Waals surface area contributed by atoms with Gasteiger partial charge in [-0.2, -0.15) is 0 Å². The smallest absolute Gasteiger partial charge is 0.219 e. The molecule has 0 aliphatic heterocycles. The molecule has 1 N–H and O–H groups in total. The van der Waals surface area contributed by atoms with Crippen LogP contribution in [0.15, 0.2) is 18.3 Å². The summed E-state index contributed by atoms with van der Waals surface area (Å²) in [6.45, 7) is 4.60. The molecular formula is C14H21NO2. The molecule has 94 valence electrons. The normalized spacial score (nSPS) is 20.2. The lowest BCUT2D eigenvalue weighted by molar-refractivity contribution is 0.0924. The van der Waals surface area contributed by atoms with Crippen molar-refractivity contribution in [3.63, 3.8) is 0 Å². The second kappa shape index (κ2) is 5.05. The van der Waals surface area contributed by atoms with Crippen LogP contribution in [0, 0.1) is 5.41 Å². The molecule has 1 heterocycles. The highest BCUT2D eigenvalue weighted by Crippen LogP contribution is 2.36. The van der Waals surface area contributed by atoms with Gasteiger partial charge in [-0.1, -0.05) is 13.8 Å². The fourth-order valence-electron chi connectivity index (χ4n) is 2.30. The molecule has 0 amide bonds. The molecule has 0 spiro atoms. The number of aliphatic hydroxyl groups is 1. The van der Waals surface area contributed by atoms with Gasteiger partial charge in [0, 0.05) is 11.8 Å². The molecule has 17 heavy (non-hydrogen) atoms. The van der Waals surface area contributed by atoms with E-state index in [0.717, 1.165) is 18.4 Å². The molecule has 0 saturated heterocycles. The van der Waals surface area contributed by atoms with Gasteiger partial charge in [-0.15, -0.1) is 0 Å². The van der Waals surface area contributed by atoms with Crippen molar-refractivity contribution in [2.75, 3.05) is 0 Å². The summed E-state index contributed by atoms with van der Waals surface area (Å²) in [7, 11) is 0. The van der Waals surface area contributed by atoms with Gasteiger partial charge >= 0.3 is 0 Å². The molecule has 0 unspecified atom stereocenters. The average Bonchev–Trinajstić information content (AvgIpc) is 2.32. The van der Waals surface area contributed by atoms with Crippen molar-refractivity contribution >= 4 is 0 Å². The highest BCUT2D eigenvalue weighted by atomic mass is 16.5. The van der Waals surface area contributed by atoms with Crippen LogP contribution in [0.1, 0.15) is 45.1 Å². The van der Waals surface area contributed by atoms with Crippen LogP contribution in [-0.2, 0) is 6.61 Å². The van der Waals surface area contributed by atoms with E-state index in [1.807, 2.05) is 12.1 Å². The van der Waals surface area contributed by atoms with Crippen molar-refractivity contribution in [3.8, 4) is 5.88 Å². The maximum atomic E-state index is 9.21. The molecule has 1 aliphatic carbocycles. The first kappa shape index (κ1) is 12.4. The first-order valence-electron chi connectivity index (χ1n) is 6.32. The summed E-state index contributed by atoms with van der Waals surface area (Å²) in [4.78, 5) is 4.20. The van der Waals surface area contributed by atoms with Gasteiger partial charge in [0.05, 0.1) is 6.61 Å². The third kappa shape index (κ3) is 3.19. The fraction of sp³-hybridized carbons (Fsp3) is 0.643. The first-order chi connectivity index (χ1) is 8.11. The van der Waals surface area contributed by atoms with Crippen LogP contribution in [-0.4, -0.2) is 16.2 Å². The van der Waals surface area contributed by atoms with Gasteiger partial charge in [-0.25, -0.2) is 4.98 Å². The number of aliphatic hydroxyl groups excluding tert-OH is 1. The maximum absolute atomic E-state index is 9.21. The van der Waals surface area contributed by atoms with Crippen molar-refractivity contribution in [1.29, 1.82) is 0 Å². The van der Waals surface area contributed by atoms with Crippen LogP contribution in [0.4, 0.5) is 0 Å². The minimum atomic E-state index is -0.0125. The van der Waals surface area contributed by atoms with Gasteiger partial charge in [-0.3, -0.25) is 0 Å². The topological polar surface area (TPSA) is 42.4 Å². The molecule has 1 aliphatic rings. The Bertz CT molecular complexity index is 366. The molecule has 1 saturated carbocycles. The molecule has 0 bridgehead atoms. The molecule has 0 aromatic carbocycles. The molecule has 1 fully saturated rings. The third-order valence-corrected chi connectivity index (χ3v) is 3.58. The molecule has 3 nitrogen and oxygen atoms in total. The third-order valence-electron chi connectivity index (χ3n) is 3.58. The van der Waals surface area contributed by atoms with E-state index in [2.05, 4.69) is 18.8 Å². The highest BCUT2D eigenvalue weighted by molar-refractivity contribution is 5.24. The number of ether oxygens (including phenoxy) is 1. The Balaban J connectivity index is 1.98. The minimum Gasteiger partial charge on any atom is -0.474 e. The maximum Gasteiger partial charge on any atom is 0.219 e. The van der Waals surface area contributed by atoms with Crippen molar-refractivity contribution < 1.29 is 9.84 Å². The molecule has 1 aromatic heterocycles. The largest absolute Gasteiger partial charge is 0.474 e. The summed E-state index contributed by atoms with van der Waals surface area (Å²) in [6.07, 6.45) is 6.51. The van der Waals surface area contributed by atoms with Gasteiger partial charge in [0.1, 0.15) is 6.10 Å². The molecular weight excluding hydrogens is 214 g/mol. The van der Waals surface area contributed by atoms with Gasteiger partial charge in [0.2, 0.25) is 5.88 Å². The Labute approximate surface area is 103 Å². The monoisotopic (exact) mass is 235 g/mol. The number of hydrogen-bond donors (Lipinski definition) is 1. The van der Waals surface area contributed by atoms with E-state index in [1.165, 1.54) is 12.8 Å². The molecule has 3 heteroatoms. The zero-order valence-electron chi connectivity index (χ0n) is 10.6. The summed E-state index contributed by atoms with van der Waals surface area (Å²) in [5, 5.41) is 9.21. The summed E-state index contributed by atoms with van der Waals surface area (Å²) in [5.74, 6) is 0.597. The summed E-state index contributed by atoms with van der Waals surface area (Å²) < 4.78 is 5.90. The number of hydrogen-bond acceptors (Lipinski definition) is 3. The fourth-order valence-corrected chi connectivity index (χ4v) is 2.30. The number of rotatable bonds is 3. The second-order valence-corrected chi connectivity index (χ2v) is 5.61. The van der Waals surface area contributed by atoms with Crippen LogP contribution in [0.3, 0.4) is 0 Å². The molecule has 0 atom stereocenters. The van der Waals surface area contributed by atoms with E-state index in [0.29, 0.717) is 11.3 Å². The van der Waals surface area contributed by atoms with Gasteiger partial charge in [0.25, 0.3) is 0 Å². The standard InChI is InChI=1S/C14H21NO2/c1-14(2)7-5-12(6-8-14)17-13-11(10-16)4-3-9-15-13/h3-4,9,12,16H,5-8,10H2,1-2H3. The highest BCUT2D eigenvalue weighted by Gasteiger charge is 2.28. The zero-order chi connectivity index (χ0) is 12.3. The number of nitrogens with zero attached hydrogens (tertiary/aromatic N) is 1. The molecule has 1 aromatic rings. The van der Waals surface area contributed by atoms with Crippen molar-refractivity contribution in [2.45, 2.75) is 52.2 Å². The summed E-state index contributed by atoms with van der Waals surface area (Å²) >= 11 is 0. The van der Waals surface area contributed by atoms with Crippen molar-refractivity contribution in [3.05, 3.63) is 23.9 Å². The van der Waals surface area contributed by atoms with E-state index >= 15 is 0 Å². The second-order valence-electron chi connectivity index (χ2n) is 5.61. The Hall–Kier alpha value is -1.09. The van der Waals surface area contributed by atoms with Crippen LogP contribution in [0.5, 0.6) is 5.88 Å². The van der Waals surface area contributed by atoms with E-state index < -0.39 is 0 Å². The number of pyridine rings is 1. The Morgan fingerprint density at radius 1 is 1.41 bits per heavy atom. The van der Waals surface area contributed by atoms with Gasteiger partial charge in [0.15, 0.2) is 0 Å². The quantitative estimate of drug-likeness (QED) is 0.876. The van der Waals surface area contributed by atoms with Crippen LogP contribution in [0.25, 0.3) is 0 Å². The van der Waals surface area contributed by atoms with E-state index in [-0.39, 0.29) is 12.7 Å². The molecule has 2 rings (SSSR count). The van der Waals surface area contributed by atoms with E-state index in [4.69, 9.17) is 4.74 Å².